The van der Waals surface area contributed by atoms with Crippen molar-refractivity contribution in [1.29, 1.82) is 0 Å². The van der Waals surface area contributed by atoms with Crippen LogP contribution in [0.4, 0.5) is 5.82 Å². The number of H-pyrrole nitrogens is 1. The Morgan fingerprint density at radius 2 is 1.97 bits per heavy atom. The lowest BCUT2D eigenvalue weighted by atomic mass is 10.1. The topological polar surface area (TPSA) is 76.2 Å². The zero-order valence-corrected chi connectivity index (χ0v) is 17.2. The van der Waals surface area contributed by atoms with Crippen LogP contribution in [0.2, 0.25) is 0 Å². The average molecular weight is 403 g/mol. The maximum absolute atomic E-state index is 6.33. The molecule has 0 unspecified atom stereocenters. The van der Waals surface area contributed by atoms with Crippen molar-refractivity contribution < 1.29 is 9.47 Å². The van der Waals surface area contributed by atoms with Crippen LogP contribution >= 0.6 is 0 Å². The lowest BCUT2D eigenvalue weighted by Gasteiger charge is -2.25. The van der Waals surface area contributed by atoms with Crippen LogP contribution in [0.15, 0.2) is 55.1 Å². The van der Waals surface area contributed by atoms with Gasteiger partial charge in [-0.3, -0.25) is 0 Å². The molecule has 0 bridgehead atoms. The van der Waals surface area contributed by atoms with Gasteiger partial charge in [-0.1, -0.05) is 36.4 Å². The summed E-state index contributed by atoms with van der Waals surface area (Å²) in [6.45, 7) is 5.43. The summed E-state index contributed by atoms with van der Waals surface area (Å²) < 4.78 is 12.5. The molecule has 1 aliphatic rings. The van der Waals surface area contributed by atoms with Gasteiger partial charge in [0.2, 0.25) is 0 Å². The summed E-state index contributed by atoms with van der Waals surface area (Å²) in [5, 5.41) is 2.30. The smallest absolute Gasteiger partial charge is 0.162 e. The van der Waals surface area contributed by atoms with Gasteiger partial charge < -0.3 is 19.4 Å². The number of imidazole rings is 1. The van der Waals surface area contributed by atoms with Crippen molar-refractivity contribution in [3.63, 3.8) is 0 Å². The zero-order chi connectivity index (χ0) is 20.5. The molecule has 2 atom stereocenters. The highest BCUT2D eigenvalue weighted by Crippen LogP contribution is 2.31. The predicted octanol–water partition coefficient (Wildman–Crippen LogP) is 3.96. The quantitative estimate of drug-likeness (QED) is 0.525. The molecule has 7 nitrogen and oxygen atoms in total. The van der Waals surface area contributed by atoms with Gasteiger partial charge in [-0.15, -0.1) is 0 Å². The summed E-state index contributed by atoms with van der Waals surface area (Å²) in [5.74, 6) is 1.72. The number of fused-ring (bicyclic) bond motifs is 2. The number of ether oxygens (including phenoxy) is 2. The van der Waals surface area contributed by atoms with Gasteiger partial charge in [0.25, 0.3) is 0 Å². The molecule has 1 saturated heterocycles. The van der Waals surface area contributed by atoms with E-state index >= 15 is 0 Å². The van der Waals surface area contributed by atoms with Gasteiger partial charge in [0, 0.05) is 11.9 Å². The molecular formula is C23H25N5O2. The number of aromatic nitrogens is 4. The minimum atomic E-state index is 0.120. The third-order valence-corrected chi connectivity index (χ3v) is 5.49. The molecule has 0 aliphatic carbocycles. The molecule has 7 heteroatoms. The van der Waals surface area contributed by atoms with Gasteiger partial charge in [0.15, 0.2) is 11.5 Å². The van der Waals surface area contributed by atoms with E-state index in [1.54, 1.807) is 12.7 Å². The Hall–Kier alpha value is -3.19. The number of benzene rings is 2. The van der Waals surface area contributed by atoms with Crippen LogP contribution in [0.25, 0.3) is 21.9 Å². The highest BCUT2D eigenvalue weighted by molar-refractivity contribution is 5.88. The molecule has 5 rings (SSSR count). The number of hydrogen-bond acceptors (Lipinski definition) is 6. The predicted molar refractivity (Wildman–Crippen MR) is 117 cm³/mol. The van der Waals surface area contributed by atoms with Crippen molar-refractivity contribution in [2.75, 3.05) is 18.1 Å². The second-order valence-electron chi connectivity index (χ2n) is 7.93. The van der Waals surface area contributed by atoms with E-state index in [0.717, 1.165) is 41.1 Å². The Kier molecular flexibility index (Phi) is 4.96. The van der Waals surface area contributed by atoms with Crippen LogP contribution in [0.1, 0.15) is 20.3 Å². The SMILES string of the molecule is CC(C)O[C@@H]1C[C@H](COc2cccc3ccccc23)N(c2ncnc3[nH]cnc23)C1. The van der Waals surface area contributed by atoms with E-state index in [-0.39, 0.29) is 18.2 Å². The summed E-state index contributed by atoms with van der Waals surface area (Å²) in [7, 11) is 0. The van der Waals surface area contributed by atoms with Gasteiger partial charge in [-0.05, 0) is 31.7 Å². The van der Waals surface area contributed by atoms with Crippen molar-refractivity contribution in [3.05, 3.63) is 55.1 Å². The first-order valence-corrected chi connectivity index (χ1v) is 10.4. The number of rotatable bonds is 6. The third-order valence-electron chi connectivity index (χ3n) is 5.49. The molecule has 4 aromatic rings. The minimum Gasteiger partial charge on any atom is -0.491 e. The Labute approximate surface area is 175 Å². The first-order valence-electron chi connectivity index (χ1n) is 10.4. The highest BCUT2D eigenvalue weighted by Gasteiger charge is 2.36. The first-order chi connectivity index (χ1) is 14.7. The summed E-state index contributed by atoms with van der Waals surface area (Å²) in [6, 6.07) is 14.6. The second-order valence-corrected chi connectivity index (χ2v) is 7.93. The molecule has 1 fully saturated rings. The maximum atomic E-state index is 6.33. The van der Waals surface area contributed by atoms with E-state index in [4.69, 9.17) is 9.47 Å². The summed E-state index contributed by atoms with van der Waals surface area (Å²) >= 11 is 0. The highest BCUT2D eigenvalue weighted by atomic mass is 16.5. The van der Waals surface area contributed by atoms with E-state index in [1.165, 1.54) is 5.39 Å². The Morgan fingerprint density at radius 3 is 2.87 bits per heavy atom. The second kappa shape index (κ2) is 7.91. The van der Waals surface area contributed by atoms with Crippen molar-refractivity contribution in [2.24, 2.45) is 0 Å². The van der Waals surface area contributed by atoms with Gasteiger partial charge in [-0.25, -0.2) is 15.0 Å². The van der Waals surface area contributed by atoms with Crippen molar-refractivity contribution >= 4 is 27.8 Å². The third kappa shape index (κ3) is 3.57. The monoisotopic (exact) mass is 403 g/mol. The number of aromatic amines is 1. The molecule has 0 amide bonds. The molecule has 30 heavy (non-hydrogen) atoms. The van der Waals surface area contributed by atoms with Gasteiger partial charge in [-0.2, -0.15) is 0 Å². The van der Waals surface area contributed by atoms with Crippen LogP contribution < -0.4 is 9.64 Å². The Bertz CT molecular complexity index is 1150. The van der Waals surface area contributed by atoms with Gasteiger partial charge >= 0.3 is 0 Å². The molecule has 0 radical (unpaired) electrons. The summed E-state index contributed by atoms with van der Waals surface area (Å²) in [5.41, 5.74) is 1.51. The van der Waals surface area contributed by atoms with E-state index < -0.39 is 0 Å². The molecule has 0 spiro atoms. The maximum Gasteiger partial charge on any atom is 0.162 e. The number of anilines is 1. The fourth-order valence-corrected chi connectivity index (χ4v) is 4.24. The van der Waals surface area contributed by atoms with Gasteiger partial charge in [0.05, 0.1) is 24.6 Å². The molecule has 1 aliphatic heterocycles. The van der Waals surface area contributed by atoms with E-state index in [0.29, 0.717) is 6.61 Å². The Morgan fingerprint density at radius 1 is 1.10 bits per heavy atom. The minimum absolute atomic E-state index is 0.120. The summed E-state index contributed by atoms with van der Waals surface area (Å²) in [6.07, 6.45) is 4.40. The van der Waals surface area contributed by atoms with E-state index in [1.807, 2.05) is 24.3 Å². The normalized spacial score (nSPS) is 19.2. The first kappa shape index (κ1) is 18.8. The van der Waals surface area contributed by atoms with Crippen LogP contribution in [-0.2, 0) is 4.74 Å². The number of nitrogens with zero attached hydrogens (tertiary/aromatic N) is 4. The zero-order valence-electron chi connectivity index (χ0n) is 17.2. The summed E-state index contributed by atoms with van der Waals surface area (Å²) in [4.78, 5) is 18.6. The molecule has 0 saturated carbocycles. The molecule has 2 aromatic heterocycles. The van der Waals surface area contributed by atoms with Crippen LogP contribution in [-0.4, -0.2) is 51.3 Å². The van der Waals surface area contributed by atoms with Crippen LogP contribution in [0.3, 0.4) is 0 Å². The van der Waals surface area contributed by atoms with Crippen molar-refractivity contribution in [2.45, 2.75) is 38.5 Å². The number of nitrogens with one attached hydrogen (secondary N) is 1. The Balaban J connectivity index is 1.43. The van der Waals surface area contributed by atoms with Crippen molar-refractivity contribution in [3.8, 4) is 5.75 Å². The molecule has 3 heterocycles. The lowest BCUT2D eigenvalue weighted by Crippen LogP contribution is -2.35. The average Bonchev–Trinajstić information content (AvgIpc) is 3.38. The molecule has 1 N–H and O–H groups in total. The fraction of sp³-hybridized carbons (Fsp3) is 0.348. The van der Waals surface area contributed by atoms with Crippen LogP contribution in [0, 0.1) is 0 Å². The van der Waals surface area contributed by atoms with Gasteiger partial charge in [0.1, 0.15) is 24.2 Å². The van der Waals surface area contributed by atoms with Crippen LogP contribution in [0.5, 0.6) is 5.75 Å². The lowest BCUT2D eigenvalue weighted by molar-refractivity contribution is 0.0185. The largest absolute Gasteiger partial charge is 0.491 e. The molecule has 2 aromatic carbocycles. The van der Waals surface area contributed by atoms with E-state index in [9.17, 15) is 0 Å². The van der Waals surface area contributed by atoms with E-state index in [2.05, 4.69) is 56.9 Å². The molecular weight excluding hydrogens is 378 g/mol. The van der Waals surface area contributed by atoms with Crippen molar-refractivity contribution in [1.82, 2.24) is 19.9 Å². The molecule has 154 valence electrons. The standard InChI is InChI=1S/C23H25N5O2/c1-15(2)30-18-10-17(12-29-20-9-5-7-16-6-3-4-8-19(16)20)28(11-18)23-21-22(25-13-24-21)26-14-27-23/h3-9,13-15,17-18H,10-12H2,1-2H3,(H,24,25,26,27)/t17-,18-/m1/s1. The number of hydrogen-bond donors (Lipinski definition) is 1. The fourth-order valence-electron chi connectivity index (χ4n) is 4.24.